The number of rotatable bonds is 5. The van der Waals surface area contributed by atoms with Crippen LogP contribution in [0.3, 0.4) is 0 Å². The largest absolute Gasteiger partial charge is 0.480 e. The Labute approximate surface area is 106 Å². The Bertz CT molecular complexity index is 335. The van der Waals surface area contributed by atoms with Crippen molar-refractivity contribution in [2.45, 2.75) is 39.3 Å². The molecule has 7 nitrogen and oxygen atoms in total. The van der Waals surface area contributed by atoms with Gasteiger partial charge in [-0.25, -0.2) is 4.79 Å². The predicted octanol–water partition coefficient (Wildman–Crippen LogP) is -0.411. The first-order chi connectivity index (χ1) is 8.11. The van der Waals surface area contributed by atoms with E-state index in [2.05, 4.69) is 4.74 Å². The summed E-state index contributed by atoms with van der Waals surface area (Å²) in [6, 6.07) is -1.50. The van der Waals surface area contributed by atoms with Crippen molar-refractivity contribution in [2.24, 2.45) is 5.73 Å². The number of carboxylic acid groups (broad SMARTS) is 1. The SMILES string of the molecule is CCOC(=O)C(N)C(=O)N(CC(=O)O)C(C)(C)C. The average Bonchev–Trinajstić information content (AvgIpc) is 2.22. The lowest BCUT2D eigenvalue weighted by Gasteiger charge is -2.35. The summed E-state index contributed by atoms with van der Waals surface area (Å²) >= 11 is 0. The minimum absolute atomic E-state index is 0.105. The van der Waals surface area contributed by atoms with E-state index in [1.54, 1.807) is 27.7 Å². The number of nitrogens with two attached hydrogens (primary N) is 1. The second kappa shape index (κ2) is 6.34. The van der Waals surface area contributed by atoms with E-state index in [0.717, 1.165) is 4.90 Å². The number of aliphatic carboxylic acids is 1. The fourth-order valence-corrected chi connectivity index (χ4v) is 1.28. The van der Waals surface area contributed by atoms with Gasteiger partial charge in [0, 0.05) is 5.54 Å². The molecule has 1 atom stereocenters. The molecule has 104 valence electrons. The zero-order valence-corrected chi connectivity index (χ0v) is 11.1. The maximum Gasteiger partial charge on any atom is 0.332 e. The summed E-state index contributed by atoms with van der Waals surface area (Å²) in [4.78, 5) is 35.1. The van der Waals surface area contributed by atoms with Crippen molar-refractivity contribution in [3.05, 3.63) is 0 Å². The van der Waals surface area contributed by atoms with Gasteiger partial charge < -0.3 is 20.5 Å². The lowest BCUT2D eigenvalue weighted by Crippen LogP contribution is -2.56. The number of hydrogen-bond donors (Lipinski definition) is 2. The van der Waals surface area contributed by atoms with Gasteiger partial charge in [0.1, 0.15) is 6.54 Å². The van der Waals surface area contributed by atoms with E-state index in [4.69, 9.17) is 10.8 Å². The maximum absolute atomic E-state index is 12.0. The van der Waals surface area contributed by atoms with E-state index in [9.17, 15) is 14.4 Å². The lowest BCUT2D eigenvalue weighted by atomic mass is 10.0. The number of ether oxygens (including phenoxy) is 1. The van der Waals surface area contributed by atoms with Gasteiger partial charge in [0.2, 0.25) is 0 Å². The van der Waals surface area contributed by atoms with Crippen molar-refractivity contribution in [1.29, 1.82) is 0 Å². The third-order valence-corrected chi connectivity index (χ3v) is 2.18. The van der Waals surface area contributed by atoms with Crippen molar-refractivity contribution < 1.29 is 24.2 Å². The zero-order valence-electron chi connectivity index (χ0n) is 11.1. The Balaban J connectivity index is 4.96. The smallest absolute Gasteiger partial charge is 0.332 e. The molecule has 0 fully saturated rings. The number of nitrogens with zero attached hydrogens (tertiary/aromatic N) is 1. The maximum atomic E-state index is 12.0. The first kappa shape index (κ1) is 16.4. The molecule has 18 heavy (non-hydrogen) atoms. The van der Waals surface area contributed by atoms with Crippen LogP contribution in [0.25, 0.3) is 0 Å². The number of esters is 1. The van der Waals surface area contributed by atoms with Crippen molar-refractivity contribution in [3.8, 4) is 0 Å². The molecule has 1 amide bonds. The molecular weight excluding hydrogens is 240 g/mol. The predicted molar refractivity (Wildman–Crippen MR) is 63.7 cm³/mol. The number of carboxylic acids is 1. The Morgan fingerprint density at radius 3 is 2.17 bits per heavy atom. The Kier molecular flexibility index (Phi) is 5.77. The Morgan fingerprint density at radius 1 is 1.33 bits per heavy atom. The molecule has 0 rings (SSSR count). The number of amides is 1. The van der Waals surface area contributed by atoms with Crippen LogP contribution >= 0.6 is 0 Å². The molecule has 7 heteroatoms. The van der Waals surface area contributed by atoms with Gasteiger partial charge in [-0.3, -0.25) is 9.59 Å². The Hall–Kier alpha value is -1.63. The molecule has 0 aromatic rings. The molecule has 0 aliphatic carbocycles. The number of hydrogen-bond acceptors (Lipinski definition) is 5. The molecule has 0 saturated carbocycles. The van der Waals surface area contributed by atoms with Gasteiger partial charge in [-0.2, -0.15) is 0 Å². The van der Waals surface area contributed by atoms with Crippen molar-refractivity contribution >= 4 is 17.8 Å². The molecule has 0 aromatic carbocycles. The molecule has 0 spiro atoms. The molecule has 0 aromatic heterocycles. The van der Waals surface area contributed by atoms with Gasteiger partial charge in [0.05, 0.1) is 6.61 Å². The fraction of sp³-hybridized carbons (Fsp3) is 0.727. The third kappa shape index (κ3) is 4.70. The minimum Gasteiger partial charge on any atom is -0.480 e. The van der Waals surface area contributed by atoms with Crippen LogP contribution < -0.4 is 5.73 Å². The highest BCUT2D eigenvalue weighted by atomic mass is 16.5. The molecule has 0 aliphatic heterocycles. The molecule has 0 radical (unpaired) electrons. The molecular formula is C11H20N2O5. The van der Waals surface area contributed by atoms with Crippen molar-refractivity contribution in [1.82, 2.24) is 4.90 Å². The topological polar surface area (TPSA) is 110 Å². The average molecular weight is 260 g/mol. The molecule has 1 unspecified atom stereocenters. The second-order valence-electron chi connectivity index (χ2n) is 4.72. The summed E-state index contributed by atoms with van der Waals surface area (Å²) in [5, 5.41) is 8.77. The van der Waals surface area contributed by atoms with E-state index in [1.807, 2.05) is 0 Å². The monoisotopic (exact) mass is 260 g/mol. The van der Waals surface area contributed by atoms with Gasteiger partial charge in [-0.15, -0.1) is 0 Å². The lowest BCUT2D eigenvalue weighted by molar-refractivity contribution is -0.156. The van der Waals surface area contributed by atoms with E-state index in [-0.39, 0.29) is 6.61 Å². The molecule has 0 saturated heterocycles. The van der Waals surface area contributed by atoms with Gasteiger partial charge in [-0.05, 0) is 27.7 Å². The van der Waals surface area contributed by atoms with Crippen LogP contribution in [0.4, 0.5) is 0 Å². The van der Waals surface area contributed by atoms with Crippen LogP contribution in [0.5, 0.6) is 0 Å². The van der Waals surface area contributed by atoms with Crippen LogP contribution in [-0.2, 0) is 19.1 Å². The van der Waals surface area contributed by atoms with E-state index < -0.39 is 36.0 Å². The van der Waals surface area contributed by atoms with Crippen LogP contribution in [0.1, 0.15) is 27.7 Å². The molecule has 0 heterocycles. The zero-order chi connectivity index (χ0) is 14.5. The summed E-state index contributed by atoms with van der Waals surface area (Å²) in [5.74, 6) is -2.79. The third-order valence-electron chi connectivity index (χ3n) is 2.18. The summed E-state index contributed by atoms with van der Waals surface area (Å²) in [5.41, 5.74) is 4.71. The van der Waals surface area contributed by atoms with Gasteiger partial charge >= 0.3 is 11.9 Å². The quantitative estimate of drug-likeness (QED) is 0.513. The molecule has 0 aliphatic rings. The summed E-state index contributed by atoms with van der Waals surface area (Å²) in [6.45, 7) is 6.15. The fourth-order valence-electron chi connectivity index (χ4n) is 1.28. The highest BCUT2D eigenvalue weighted by Crippen LogP contribution is 2.14. The van der Waals surface area contributed by atoms with Gasteiger partial charge in [0.15, 0.2) is 6.04 Å². The highest BCUT2D eigenvalue weighted by molar-refractivity contribution is 6.02. The van der Waals surface area contributed by atoms with Crippen LogP contribution in [-0.4, -0.2) is 52.6 Å². The molecule has 3 N–H and O–H groups in total. The second-order valence-corrected chi connectivity index (χ2v) is 4.72. The summed E-state index contributed by atoms with van der Waals surface area (Å²) in [6.07, 6.45) is 0. The van der Waals surface area contributed by atoms with Crippen molar-refractivity contribution in [3.63, 3.8) is 0 Å². The highest BCUT2D eigenvalue weighted by Gasteiger charge is 2.35. The number of carbonyl (C=O) groups is 3. The minimum atomic E-state index is -1.50. The summed E-state index contributed by atoms with van der Waals surface area (Å²) < 4.78 is 4.63. The molecule has 0 bridgehead atoms. The van der Waals surface area contributed by atoms with E-state index in [1.165, 1.54) is 0 Å². The first-order valence-corrected chi connectivity index (χ1v) is 5.56. The normalized spacial score (nSPS) is 12.7. The van der Waals surface area contributed by atoms with Crippen LogP contribution in [0, 0.1) is 0 Å². The first-order valence-electron chi connectivity index (χ1n) is 5.56. The van der Waals surface area contributed by atoms with Crippen LogP contribution in [0.2, 0.25) is 0 Å². The van der Waals surface area contributed by atoms with Crippen molar-refractivity contribution in [2.75, 3.05) is 13.2 Å². The standard InChI is InChI=1S/C11H20N2O5/c1-5-18-10(17)8(12)9(16)13(6-7(14)15)11(2,3)4/h8H,5-6,12H2,1-4H3,(H,14,15). The van der Waals surface area contributed by atoms with Gasteiger partial charge in [-0.1, -0.05) is 0 Å². The Morgan fingerprint density at radius 2 is 1.83 bits per heavy atom. The van der Waals surface area contributed by atoms with Gasteiger partial charge in [0.25, 0.3) is 5.91 Å². The number of carbonyl (C=O) groups excluding carboxylic acids is 2. The summed E-state index contributed by atoms with van der Waals surface area (Å²) in [7, 11) is 0. The van der Waals surface area contributed by atoms with Crippen LogP contribution in [0.15, 0.2) is 0 Å². The van der Waals surface area contributed by atoms with E-state index >= 15 is 0 Å². The van der Waals surface area contributed by atoms with E-state index in [0.29, 0.717) is 0 Å².